The molecule has 0 aromatic carbocycles. The lowest BCUT2D eigenvalue weighted by atomic mass is 9.97. The summed E-state index contributed by atoms with van der Waals surface area (Å²) in [4.78, 5) is 18.5. The number of hydrogen-bond donors (Lipinski definition) is 0. The van der Waals surface area contributed by atoms with Gasteiger partial charge in [0.25, 0.3) is 5.91 Å². The minimum Gasteiger partial charge on any atom is -0.420 e. The van der Waals surface area contributed by atoms with E-state index in [1.54, 1.807) is 35.9 Å². The van der Waals surface area contributed by atoms with E-state index >= 15 is 0 Å². The molecule has 24 heavy (non-hydrogen) atoms. The third-order valence-electron chi connectivity index (χ3n) is 4.18. The van der Waals surface area contributed by atoms with Gasteiger partial charge in [-0.1, -0.05) is 0 Å². The van der Waals surface area contributed by atoms with Gasteiger partial charge in [-0.3, -0.25) is 9.78 Å². The largest absolute Gasteiger partial charge is 0.420 e. The quantitative estimate of drug-likeness (QED) is 0.732. The molecule has 4 rings (SSSR count). The topological polar surface area (TPSA) is 72.1 Å². The van der Waals surface area contributed by atoms with Crippen LogP contribution < -0.4 is 0 Å². The molecule has 1 amide bonds. The summed E-state index contributed by atoms with van der Waals surface area (Å²) in [7, 11) is 0. The van der Waals surface area contributed by atoms with E-state index in [0.29, 0.717) is 23.9 Å². The fraction of sp³-hybridized carbons (Fsp3) is 0.294. The van der Waals surface area contributed by atoms with E-state index in [1.807, 2.05) is 21.7 Å². The van der Waals surface area contributed by atoms with Crippen LogP contribution in [0.5, 0.6) is 0 Å². The first-order chi connectivity index (χ1) is 11.8. The highest BCUT2D eigenvalue weighted by atomic mass is 32.1. The Morgan fingerprint density at radius 3 is 3.08 bits per heavy atom. The lowest BCUT2D eigenvalue weighted by Gasteiger charge is -2.31. The van der Waals surface area contributed by atoms with Crippen molar-refractivity contribution in [3.8, 4) is 11.5 Å². The Bertz CT molecular complexity index is 816. The molecule has 4 heterocycles. The molecule has 1 atom stereocenters. The molecule has 1 aliphatic heterocycles. The summed E-state index contributed by atoms with van der Waals surface area (Å²) in [5.74, 6) is 1.24. The number of hydrogen-bond acceptors (Lipinski definition) is 6. The number of rotatable bonds is 3. The summed E-state index contributed by atoms with van der Waals surface area (Å²) >= 11 is 1.59. The maximum atomic E-state index is 12.6. The standard InChI is InChI=1S/C17H16N4O2S/c22-17(12-3-1-6-18-9-12)21-7-2-4-13(10-21)15-19-20-16(23-15)14-5-8-24-11-14/h1,3,5-6,8-9,11,13H,2,4,7,10H2. The van der Waals surface area contributed by atoms with Gasteiger partial charge in [0.2, 0.25) is 11.8 Å². The Morgan fingerprint density at radius 1 is 1.33 bits per heavy atom. The molecule has 1 saturated heterocycles. The van der Waals surface area contributed by atoms with Crippen LogP contribution in [-0.4, -0.2) is 39.1 Å². The predicted molar refractivity (Wildman–Crippen MR) is 89.7 cm³/mol. The normalized spacial score (nSPS) is 17.8. The van der Waals surface area contributed by atoms with Crippen LogP contribution in [0.1, 0.15) is 35.0 Å². The van der Waals surface area contributed by atoms with Crippen molar-refractivity contribution in [1.29, 1.82) is 0 Å². The number of likely N-dealkylation sites (tertiary alicyclic amines) is 1. The first kappa shape index (κ1) is 15.0. The highest BCUT2D eigenvalue weighted by Crippen LogP contribution is 2.29. The number of amides is 1. The van der Waals surface area contributed by atoms with Gasteiger partial charge in [0.1, 0.15) is 0 Å². The van der Waals surface area contributed by atoms with Crippen molar-refractivity contribution in [2.75, 3.05) is 13.1 Å². The van der Waals surface area contributed by atoms with Crippen LogP contribution in [0.2, 0.25) is 0 Å². The average molecular weight is 340 g/mol. The van der Waals surface area contributed by atoms with Gasteiger partial charge in [0.05, 0.1) is 11.5 Å². The van der Waals surface area contributed by atoms with Crippen molar-refractivity contribution in [2.45, 2.75) is 18.8 Å². The van der Waals surface area contributed by atoms with Crippen molar-refractivity contribution in [1.82, 2.24) is 20.1 Å². The predicted octanol–water partition coefficient (Wildman–Crippen LogP) is 3.21. The van der Waals surface area contributed by atoms with Crippen LogP contribution in [0.3, 0.4) is 0 Å². The van der Waals surface area contributed by atoms with Gasteiger partial charge in [-0.2, -0.15) is 11.3 Å². The average Bonchev–Trinajstić information content (AvgIpc) is 3.33. The molecule has 1 unspecified atom stereocenters. The molecule has 7 heteroatoms. The molecule has 0 saturated carbocycles. The Labute approximate surface area is 143 Å². The third-order valence-corrected chi connectivity index (χ3v) is 4.86. The number of aromatic nitrogens is 3. The van der Waals surface area contributed by atoms with Crippen LogP contribution in [0.15, 0.2) is 45.8 Å². The molecule has 0 bridgehead atoms. The van der Waals surface area contributed by atoms with Gasteiger partial charge < -0.3 is 9.32 Å². The van der Waals surface area contributed by atoms with Crippen LogP contribution in [0.25, 0.3) is 11.5 Å². The van der Waals surface area contributed by atoms with E-state index in [1.165, 1.54) is 0 Å². The number of piperidine rings is 1. The van der Waals surface area contributed by atoms with Crippen LogP contribution in [0, 0.1) is 0 Å². The van der Waals surface area contributed by atoms with Crippen molar-refractivity contribution < 1.29 is 9.21 Å². The zero-order valence-electron chi connectivity index (χ0n) is 13.0. The molecule has 1 aliphatic rings. The lowest BCUT2D eigenvalue weighted by molar-refractivity contribution is 0.0698. The summed E-state index contributed by atoms with van der Waals surface area (Å²) < 4.78 is 5.84. The Balaban J connectivity index is 1.50. The number of nitrogens with zero attached hydrogens (tertiary/aromatic N) is 4. The summed E-state index contributed by atoms with van der Waals surface area (Å²) in [5, 5.41) is 12.3. The summed E-state index contributed by atoms with van der Waals surface area (Å²) in [6, 6.07) is 5.53. The zero-order chi connectivity index (χ0) is 16.4. The summed E-state index contributed by atoms with van der Waals surface area (Å²) in [6.07, 6.45) is 5.14. The summed E-state index contributed by atoms with van der Waals surface area (Å²) in [5.41, 5.74) is 1.56. The van der Waals surface area contributed by atoms with Gasteiger partial charge in [0, 0.05) is 36.4 Å². The Kier molecular flexibility index (Phi) is 4.08. The molecule has 6 nitrogen and oxygen atoms in total. The maximum Gasteiger partial charge on any atom is 0.255 e. The monoisotopic (exact) mass is 340 g/mol. The number of carbonyl (C=O) groups excluding carboxylic acids is 1. The molecule has 3 aromatic rings. The maximum absolute atomic E-state index is 12.6. The number of pyridine rings is 1. The second-order valence-corrected chi connectivity index (χ2v) is 6.57. The van der Waals surface area contributed by atoms with Crippen LogP contribution in [-0.2, 0) is 0 Å². The van der Waals surface area contributed by atoms with Crippen LogP contribution in [0.4, 0.5) is 0 Å². The SMILES string of the molecule is O=C(c1cccnc1)N1CCCC(c2nnc(-c3ccsc3)o2)C1. The molecule has 0 aliphatic carbocycles. The fourth-order valence-corrected chi connectivity index (χ4v) is 3.57. The minimum atomic E-state index is 0.00498. The minimum absolute atomic E-state index is 0.00498. The summed E-state index contributed by atoms with van der Waals surface area (Å²) in [6.45, 7) is 1.34. The van der Waals surface area contributed by atoms with Gasteiger partial charge in [-0.05, 0) is 36.4 Å². The van der Waals surface area contributed by atoms with E-state index in [2.05, 4.69) is 15.2 Å². The second-order valence-electron chi connectivity index (χ2n) is 5.79. The highest BCUT2D eigenvalue weighted by Gasteiger charge is 2.29. The fourth-order valence-electron chi connectivity index (χ4n) is 2.94. The molecule has 0 radical (unpaired) electrons. The molecule has 0 spiro atoms. The van der Waals surface area contributed by atoms with Crippen LogP contribution >= 0.6 is 11.3 Å². The van der Waals surface area contributed by atoms with E-state index in [9.17, 15) is 4.79 Å². The van der Waals surface area contributed by atoms with Crippen molar-refractivity contribution >= 4 is 17.2 Å². The van der Waals surface area contributed by atoms with Crippen molar-refractivity contribution in [3.63, 3.8) is 0 Å². The zero-order valence-corrected chi connectivity index (χ0v) is 13.8. The van der Waals surface area contributed by atoms with Gasteiger partial charge >= 0.3 is 0 Å². The molecular weight excluding hydrogens is 324 g/mol. The van der Waals surface area contributed by atoms with Gasteiger partial charge in [-0.25, -0.2) is 0 Å². The Morgan fingerprint density at radius 2 is 2.29 bits per heavy atom. The third kappa shape index (κ3) is 2.94. The molecular formula is C17H16N4O2S. The molecule has 1 fully saturated rings. The number of thiophene rings is 1. The van der Waals surface area contributed by atoms with Crippen molar-refractivity contribution in [3.05, 3.63) is 52.8 Å². The molecule has 3 aromatic heterocycles. The van der Waals surface area contributed by atoms with E-state index < -0.39 is 0 Å². The van der Waals surface area contributed by atoms with E-state index in [4.69, 9.17) is 4.42 Å². The molecule has 122 valence electrons. The smallest absolute Gasteiger partial charge is 0.255 e. The number of carbonyl (C=O) groups is 1. The first-order valence-corrected chi connectivity index (χ1v) is 8.81. The van der Waals surface area contributed by atoms with Crippen molar-refractivity contribution in [2.24, 2.45) is 0 Å². The molecule has 0 N–H and O–H groups in total. The first-order valence-electron chi connectivity index (χ1n) is 7.86. The van der Waals surface area contributed by atoms with Gasteiger partial charge in [0.15, 0.2) is 0 Å². The Hall–Kier alpha value is -2.54. The van der Waals surface area contributed by atoms with E-state index in [-0.39, 0.29) is 11.8 Å². The van der Waals surface area contributed by atoms with E-state index in [0.717, 1.165) is 24.9 Å². The highest BCUT2D eigenvalue weighted by molar-refractivity contribution is 7.08. The van der Waals surface area contributed by atoms with Gasteiger partial charge in [-0.15, -0.1) is 10.2 Å². The second kappa shape index (κ2) is 6.52. The lowest BCUT2D eigenvalue weighted by Crippen LogP contribution is -2.39.